The molecule has 0 fully saturated rings. The van der Waals surface area contributed by atoms with E-state index in [0.29, 0.717) is 40.3 Å². The predicted octanol–water partition coefficient (Wildman–Crippen LogP) is 7.88. The number of aliphatic hydroxyl groups is 1. The number of ether oxygens (including phenoxy) is 2. The molecule has 1 N–H and O–H groups in total. The van der Waals surface area contributed by atoms with E-state index in [9.17, 15) is 14.7 Å². The van der Waals surface area contributed by atoms with Crippen LogP contribution in [0.1, 0.15) is 53.6 Å². The number of hydrogen-bond acceptors (Lipinski definition) is 8. The molecule has 3 heterocycles. The van der Waals surface area contributed by atoms with Gasteiger partial charge in [-0.2, -0.15) is 0 Å². The maximum Gasteiger partial charge on any atom is 0.296 e. The van der Waals surface area contributed by atoms with Gasteiger partial charge in [-0.25, -0.2) is 4.98 Å². The first-order valence-electron chi connectivity index (χ1n) is 14.1. The van der Waals surface area contributed by atoms with Crippen molar-refractivity contribution in [2.75, 3.05) is 18.6 Å². The number of aryl methyl sites for hydroxylation is 2. The van der Waals surface area contributed by atoms with Crippen molar-refractivity contribution in [2.24, 2.45) is 5.92 Å². The number of rotatable bonds is 9. The van der Waals surface area contributed by atoms with Gasteiger partial charge < -0.3 is 19.0 Å². The number of carbonyl (C=O) groups is 2. The average Bonchev–Trinajstić information content (AvgIpc) is 3.67. The van der Waals surface area contributed by atoms with Crippen molar-refractivity contribution < 1.29 is 28.6 Å². The van der Waals surface area contributed by atoms with Gasteiger partial charge in [0.25, 0.3) is 5.91 Å². The number of methoxy groups -OCH3 is 1. The van der Waals surface area contributed by atoms with Crippen molar-refractivity contribution in [1.29, 1.82) is 0 Å². The van der Waals surface area contributed by atoms with Gasteiger partial charge >= 0.3 is 0 Å². The highest BCUT2D eigenvalue weighted by atomic mass is 32.1. The van der Waals surface area contributed by atoms with Crippen molar-refractivity contribution >= 4 is 49.3 Å². The minimum atomic E-state index is -0.992. The lowest BCUT2D eigenvalue weighted by Gasteiger charge is -2.25. The molecule has 0 unspecified atom stereocenters. The summed E-state index contributed by atoms with van der Waals surface area (Å²) in [5.74, 6) is -0.436. The fraction of sp³-hybridized carbons (Fsp3) is 0.265. The highest BCUT2D eigenvalue weighted by Gasteiger charge is 2.47. The molecule has 0 saturated heterocycles. The third-order valence-electron chi connectivity index (χ3n) is 7.58. The summed E-state index contributed by atoms with van der Waals surface area (Å²) in [5.41, 5.74) is 3.80. The van der Waals surface area contributed by atoms with E-state index in [0.717, 1.165) is 33.2 Å². The van der Waals surface area contributed by atoms with Crippen molar-refractivity contribution in [3.8, 4) is 11.5 Å². The second-order valence-corrected chi connectivity index (χ2v) is 12.2. The van der Waals surface area contributed by atoms with Crippen LogP contribution in [0.3, 0.4) is 0 Å². The molecule has 5 aromatic rings. The number of hydrogen-bond donors (Lipinski definition) is 1. The van der Waals surface area contributed by atoms with E-state index in [4.69, 9.17) is 18.9 Å². The summed E-state index contributed by atoms with van der Waals surface area (Å²) < 4.78 is 18.4. The van der Waals surface area contributed by atoms with Crippen LogP contribution in [-0.4, -0.2) is 35.5 Å². The summed E-state index contributed by atoms with van der Waals surface area (Å²) >= 11 is 1.33. The highest BCUT2D eigenvalue weighted by molar-refractivity contribution is 7.22. The molecule has 0 saturated carbocycles. The topological polar surface area (TPSA) is 102 Å². The summed E-state index contributed by atoms with van der Waals surface area (Å²) in [6, 6.07) is 17.2. The number of carbonyl (C=O) groups excluding carboxylic acids is 2. The Labute approximate surface area is 253 Å². The molecule has 3 aromatic carbocycles. The van der Waals surface area contributed by atoms with Crippen LogP contribution in [0.2, 0.25) is 0 Å². The number of benzene rings is 3. The van der Waals surface area contributed by atoms with E-state index in [-0.39, 0.29) is 11.3 Å². The van der Waals surface area contributed by atoms with Crippen molar-refractivity contribution in [2.45, 2.75) is 40.2 Å². The summed E-state index contributed by atoms with van der Waals surface area (Å²) in [5, 5.41) is 12.4. The first-order valence-corrected chi connectivity index (χ1v) is 15.0. The van der Waals surface area contributed by atoms with Crippen LogP contribution in [0.15, 0.2) is 76.4 Å². The number of nitrogens with zero attached hydrogens (tertiary/aromatic N) is 2. The van der Waals surface area contributed by atoms with Crippen LogP contribution in [0.25, 0.3) is 21.2 Å². The molecule has 0 spiro atoms. The molecular formula is C34H32N2O6S. The third-order valence-corrected chi connectivity index (χ3v) is 8.58. The molecule has 0 bridgehead atoms. The Morgan fingerprint density at radius 3 is 2.63 bits per heavy atom. The van der Waals surface area contributed by atoms with Gasteiger partial charge in [-0.05, 0) is 73.2 Å². The van der Waals surface area contributed by atoms with Crippen LogP contribution < -0.4 is 14.4 Å². The van der Waals surface area contributed by atoms with Gasteiger partial charge in [0.2, 0.25) is 5.78 Å². The normalized spacial score (nSPS) is 15.3. The zero-order valence-electron chi connectivity index (χ0n) is 24.6. The number of thiazole rings is 1. The Balaban J connectivity index is 1.48. The second kappa shape index (κ2) is 11.2. The van der Waals surface area contributed by atoms with Crippen molar-refractivity contribution in [1.82, 2.24) is 4.98 Å². The molecular weight excluding hydrogens is 564 g/mol. The van der Waals surface area contributed by atoms with E-state index in [1.54, 1.807) is 37.4 Å². The second-order valence-electron chi connectivity index (χ2n) is 11.2. The zero-order chi connectivity index (χ0) is 30.4. The third kappa shape index (κ3) is 5.14. The van der Waals surface area contributed by atoms with E-state index in [1.807, 2.05) is 44.2 Å². The minimum absolute atomic E-state index is 0.0266. The number of furan rings is 1. The van der Waals surface area contributed by atoms with Gasteiger partial charge in [0, 0.05) is 5.39 Å². The number of amides is 1. The highest BCUT2D eigenvalue weighted by Crippen LogP contribution is 2.46. The lowest BCUT2D eigenvalue weighted by atomic mass is 9.95. The van der Waals surface area contributed by atoms with E-state index < -0.39 is 23.5 Å². The molecule has 1 aliphatic rings. The molecule has 8 nitrogen and oxygen atoms in total. The van der Waals surface area contributed by atoms with Gasteiger partial charge in [-0.3, -0.25) is 14.5 Å². The zero-order valence-corrected chi connectivity index (χ0v) is 25.5. The van der Waals surface area contributed by atoms with Crippen molar-refractivity contribution in [3.05, 3.63) is 94.4 Å². The number of para-hydroxylation sites is 1. The first-order chi connectivity index (χ1) is 20.7. The molecule has 1 amide bonds. The maximum atomic E-state index is 14.1. The molecule has 1 atom stereocenters. The number of ketones is 1. The summed E-state index contributed by atoms with van der Waals surface area (Å²) in [4.78, 5) is 34.1. The monoisotopic (exact) mass is 596 g/mol. The standard InChI is InChI=1S/C34H32N2O6S/c1-18(2)12-13-41-24-11-10-22(17-25(24)40-5)30-28(31(37)26-16-21-8-6-7-9-23(21)42-26)32(38)33(39)36(30)34-35-29-20(4)14-19(3)15-27(29)43-34/h6-11,14-18,30,38H,12-13H2,1-5H3/t30-/m0/s1. The Kier molecular flexibility index (Phi) is 7.43. The number of anilines is 1. The van der Waals surface area contributed by atoms with Gasteiger partial charge in [-0.1, -0.05) is 55.5 Å². The van der Waals surface area contributed by atoms with E-state index >= 15 is 0 Å². The van der Waals surface area contributed by atoms with Gasteiger partial charge in [0.05, 0.1) is 35.5 Å². The number of aromatic nitrogens is 1. The summed E-state index contributed by atoms with van der Waals surface area (Å²) in [6.07, 6.45) is 0.874. The SMILES string of the molecule is COc1cc([C@H]2C(C(=O)c3cc4ccccc4o3)=C(O)C(=O)N2c2nc3c(C)cc(C)cc3s2)ccc1OCCC(C)C. The number of fused-ring (bicyclic) bond motifs is 2. The average molecular weight is 597 g/mol. The molecule has 6 rings (SSSR count). The number of Topliss-reactive ketones (excluding diaryl/α,β-unsaturated/α-hetero) is 1. The van der Waals surface area contributed by atoms with Gasteiger partial charge in [0.1, 0.15) is 5.58 Å². The van der Waals surface area contributed by atoms with E-state index in [2.05, 4.69) is 13.8 Å². The molecule has 0 radical (unpaired) electrons. The smallest absolute Gasteiger partial charge is 0.296 e. The van der Waals surface area contributed by atoms with Crippen molar-refractivity contribution in [3.63, 3.8) is 0 Å². The van der Waals surface area contributed by atoms with Crippen LogP contribution in [0.4, 0.5) is 5.13 Å². The van der Waals surface area contributed by atoms with E-state index in [1.165, 1.54) is 16.2 Å². The number of aliphatic hydroxyl groups excluding tert-OH is 1. The fourth-order valence-corrected chi connectivity index (χ4v) is 6.58. The quantitative estimate of drug-likeness (QED) is 0.173. The van der Waals surface area contributed by atoms with Crippen LogP contribution in [0.5, 0.6) is 11.5 Å². The molecule has 43 heavy (non-hydrogen) atoms. The molecule has 9 heteroatoms. The van der Waals surface area contributed by atoms with Crippen LogP contribution >= 0.6 is 11.3 Å². The molecule has 220 valence electrons. The summed E-state index contributed by atoms with van der Waals surface area (Å²) in [6.45, 7) is 8.74. The Bertz CT molecular complexity index is 1880. The molecule has 0 aliphatic carbocycles. The largest absolute Gasteiger partial charge is 0.503 e. The molecule has 2 aromatic heterocycles. The maximum absolute atomic E-state index is 14.1. The van der Waals surface area contributed by atoms with Gasteiger partial charge in [0.15, 0.2) is 28.1 Å². The fourth-order valence-electron chi connectivity index (χ4n) is 5.42. The Morgan fingerprint density at radius 2 is 1.88 bits per heavy atom. The first kappa shape index (κ1) is 28.5. The Hall–Kier alpha value is -4.63. The lowest BCUT2D eigenvalue weighted by Crippen LogP contribution is -2.31. The minimum Gasteiger partial charge on any atom is -0.503 e. The van der Waals surface area contributed by atoms with Gasteiger partial charge in [-0.15, -0.1) is 0 Å². The molecule has 1 aliphatic heterocycles. The summed E-state index contributed by atoms with van der Waals surface area (Å²) in [7, 11) is 1.54. The van der Waals surface area contributed by atoms with Crippen LogP contribution in [-0.2, 0) is 4.79 Å². The lowest BCUT2D eigenvalue weighted by molar-refractivity contribution is -0.117. The predicted molar refractivity (Wildman–Crippen MR) is 167 cm³/mol. The van der Waals surface area contributed by atoms with Crippen LogP contribution in [0, 0.1) is 19.8 Å². The Morgan fingerprint density at radius 1 is 1.09 bits per heavy atom.